The number of nitrogens with one attached hydrogen (secondary N) is 1. The van der Waals surface area contributed by atoms with Gasteiger partial charge in [-0.15, -0.1) is 5.10 Å². The van der Waals surface area contributed by atoms with Gasteiger partial charge in [-0.05, 0) is 31.4 Å². The zero-order valence-corrected chi connectivity index (χ0v) is 11.1. The number of para-hydroxylation sites is 2. The van der Waals surface area contributed by atoms with Crippen molar-refractivity contribution in [1.29, 1.82) is 0 Å². The zero-order chi connectivity index (χ0) is 14.0. The van der Waals surface area contributed by atoms with Gasteiger partial charge in [0.1, 0.15) is 0 Å². The highest BCUT2D eigenvalue weighted by molar-refractivity contribution is 5.93. The Morgan fingerprint density at radius 3 is 2.85 bits per heavy atom. The van der Waals surface area contributed by atoms with Crippen LogP contribution in [0.5, 0.6) is 0 Å². The normalized spacial score (nSPS) is 16.4. The summed E-state index contributed by atoms with van der Waals surface area (Å²) in [4.78, 5) is 12.1. The van der Waals surface area contributed by atoms with Gasteiger partial charge in [-0.1, -0.05) is 17.3 Å². The molecule has 0 saturated heterocycles. The molecule has 20 heavy (non-hydrogen) atoms. The first kappa shape index (κ1) is 12.8. The molecular weight excluding hydrogens is 254 g/mol. The minimum absolute atomic E-state index is 0.0558. The Morgan fingerprint density at radius 1 is 1.40 bits per heavy atom. The van der Waals surface area contributed by atoms with E-state index in [1.807, 2.05) is 24.3 Å². The lowest BCUT2D eigenvalue weighted by Crippen LogP contribution is -2.48. The van der Waals surface area contributed by atoms with Gasteiger partial charge in [-0.25, -0.2) is 4.68 Å². The number of nitrogens with zero attached hydrogens (tertiary/aromatic N) is 3. The van der Waals surface area contributed by atoms with Crippen molar-refractivity contribution in [1.82, 2.24) is 15.0 Å². The van der Waals surface area contributed by atoms with Crippen LogP contribution in [0.15, 0.2) is 36.7 Å². The summed E-state index contributed by atoms with van der Waals surface area (Å²) in [5, 5.41) is 10.6. The molecule has 0 radical (unpaired) electrons. The van der Waals surface area contributed by atoms with E-state index in [-0.39, 0.29) is 11.4 Å². The van der Waals surface area contributed by atoms with Crippen LogP contribution in [0.25, 0.3) is 5.69 Å². The standard InChI is InChI=1S/C14H17N5O/c15-14(6-3-7-14)10-13(20)17-11-4-1-2-5-12(11)19-9-8-16-18-19/h1-2,4-5,8-9H,3,6-7,10,15H2,(H,17,20). The van der Waals surface area contributed by atoms with Crippen molar-refractivity contribution >= 4 is 11.6 Å². The molecular formula is C14H17N5O. The average Bonchev–Trinajstić information content (AvgIpc) is 2.91. The predicted molar refractivity (Wildman–Crippen MR) is 75.4 cm³/mol. The van der Waals surface area contributed by atoms with Crippen LogP contribution in [0.3, 0.4) is 0 Å². The molecule has 0 atom stereocenters. The monoisotopic (exact) mass is 271 g/mol. The molecule has 1 aliphatic rings. The van der Waals surface area contributed by atoms with Crippen molar-refractivity contribution < 1.29 is 4.79 Å². The van der Waals surface area contributed by atoms with E-state index in [9.17, 15) is 4.79 Å². The second kappa shape index (κ2) is 5.05. The van der Waals surface area contributed by atoms with Gasteiger partial charge in [0.15, 0.2) is 0 Å². The smallest absolute Gasteiger partial charge is 0.226 e. The predicted octanol–water partition coefficient (Wildman–Crippen LogP) is 1.48. The van der Waals surface area contributed by atoms with Gasteiger partial charge in [0.05, 0.1) is 23.8 Å². The Kier molecular flexibility index (Phi) is 3.23. The second-order valence-electron chi connectivity index (χ2n) is 5.31. The van der Waals surface area contributed by atoms with Crippen LogP contribution in [0.2, 0.25) is 0 Å². The van der Waals surface area contributed by atoms with E-state index in [4.69, 9.17) is 5.73 Å². The Bertz CT molecular complexity index is 604. The van der Waals surface area contributed by atoms with E-state index in [0.717, 1.165) is 24.9 Å². The van der Waals surface area contributed by atoms with Crippen molar-refractivity contribution in [3.63, 3.8) is 0 Å². The molecule has 3 N–H and O–H groups in total. The molecule has 3 rings (SSSR count). The molecule has 1 aromatic heterocycles. The minimum atomic E-state index is -0.313. The third-order valence-electron chi connectivity index (χ3n) is 3.71. The van der Waals surface area contributed by atoms with Crippen molar-refractivity contribution in [2.45, 2.75) is 31.2 Å². The molecule has 0 aliphatic heterocycles. The molecule has 0 spiro atoms. The molecule has 104 valence electrons. The number of carbonyl (C=O) groups excluding carboxylic acids is 1. The molecule has 0 unspecified atom stereocenters. The topological polar surface area (TPSA) is 85.8 Å². The molecule has 1 fully saturated rings. The number of benzene rings is 1. The third-order valence-corrected chi connectivity index (χ3v) is 3.71. The van der Waals surface area contributed by atoms with Crippen molar-refractivity contribution in [2.24, 2.45) is 5.73 Å². The fourth-order valence-corrected chi connectivity index (χ4v) is 2.44. The van der Waals surface area contributed by atoms with Gasteiger partial charge in [0, 0.05) is 12.0 Å². The summed E-state index contributed by atoms with van der Waals surface area (Å²) < 4.78 is 1.62. The van der Waals surface area contributed by atoms with Gasteiger partial charge >= 0.3 is 0 Å². The SMILES string of the molecule is NC1(CC(=O)Nc2ccccc2-n2ccnn2)CCC1. The van der Waals surface area contributed by atoms with Crippen LogP contribution >= 0.6 is 0 Å². The lowest BCUT2D eigenvalue weighted by molar-refractivity contribution is -0.118. The summed E-state index contributed by atoms with van der Waals surface area (Å²) in [6, 6.07) is 7.49. The van der Waals surface area contributed by atoms with Crippen LogP contribution in [0.1, 0.15) is 25.7 Å². The molecule has 1 aromatic carbocycles. The van der Waals surface area contributed by atoms with Crippen molar-refractivity contribution in [2.75, 3.05) is 5.32 Å². The van der Waals surface area contributed by atoms with Gasteiger partial charge < -0.3 is 11.1 Å². The third kappa shape index (κ3) is 2.55. The molecule has 0 bridgehead atoms. The summed E-state index contributed by atoms with van der Waals surface area (Å²) >= 11 is 0. The van der Waals surface area contributed by atoms with E-state index in [1.54, 1.807) is 17.1 Å². The maximum absolute atomic E-state index is 12.1. The van der Waals surface area contributed by atoms with E-state index in [0.29, 0.717) is 12.1 Å². The summed E-state index contributed by atoms with van der Waals surface area (Å²) in [6.07, 6.45) is 6.65. The molecule has 1 aliphatic carbocycles. The number of rotatable bonds is 4. The van der Waals surface area contributed by atoms with Crippen LogP contribution in [0, 0.1) is 0 Å². The Balaban J connectivity index is 1.76. The van der Waals surface area contributed by atoms with Gasteiger partial charge in [-0.2, -0.15) is 0 Å². The summed E-state index contributed by atoms with van der Waals surface area (Å²) in [6.45, 7) is 0. The highest BCUT2D eigenvalue weighted by atomic mass is 16.1. The lowest BCUT2D eigenvalue weighted by atomic mass is 9.75. The van der Waals surface area contributed by atoms with Crippen LogP contribution in [-0.4, -0.2) is 26.4 Å². The number of nitrogens with two attached hydrogens (primary N) is 1. The first-order valence-corrected chi connectivity index (χ1v) is 6.71. The molecule has 1 heterocycles. The fourth-order valence-electron chi connectivity index (χ4n) is 2.44. The van der Waals surface area contributed by atoms with E-state index < -0.39 is 0 Å². The summed E-state index contributed by atoms with van der Waals surface area (Å²) in [5.41, 5.74) is 7.29. The molecule has 6 heteroatoms. The van der Waals surface area contributed by atoms with E-state index in [2.05, 4.69) is 15.6 Å². The van der Waals surface area contributed by atoms with Crippen molar-refractivity contribution in [3.05, 3.63) is 36.7 Å². The molecule has 1 amide bonds. The Morgan fingerprint density at radius 2 is 2.20 bits per heavy atom. The van der Waals surface area contributed by atoms with E-state index >= 15 is 0 Å². The largest absolute Gasteiger partial charge is 0.325 e. The average molecular weight is 271 g/mol. The summed E-state index contributed by atoms with van der Waals surface area (Å²) in [7, 11) is 0. The Hall–Kier alpha value is -2.21. The molecule has 1 saturated carbocycles. The maximum Gasteiger partial charge on any atom is 0.226 e. The van der Waals surface area contributed by atoms with Gasteiger partial charge in [-0.3, -0.25) is 4.79 Å². The minimum Gasteiger partial charge on any atom is -0.325 e. The number of hydrogen-bond donors (Lipinski definition) is 2. The van der Waals surface area contributed by atoms with Crippen LogP contribution in [0.4, 0.5) is 5.69 Å². The highest BCUT2D eigenvalue weighted by Crippen LogP contribution is 2.32. The second-order valence-corrected chi connectivity index (χ2v) is 5.31. The first-order valence-electron chi connectivity index (χ1n) is 6.71. The van der Waals surface area contributed by atoms with Gasteiger partial charge in [0.2, 0.25) is 5.91 Å². The number of carbonyl (C=O) groups is 1. The highest BCUT2D eigenvalue weighted by Gasteiger charge is 2.34. The fraction of sp³-hybridized carbons (Fsp3) is 0.357. The summed E-state index contributed by atoms with van der Waals surface area (Å²) in [5.74, 6) is -0.0558. The zero-order valence-electron chi connectivity index (χ0n) is 11.1. The molecule has 2 aromatic rings. The Labute approximate surface area is 117 Å². The van der Waals surface area contributed by atoms with Crippen LogP contribution < -0.4 is 11.1 Å². The maximum atomic E-state index is 12.1. The quantitative estimate of drug-likeness (QED) is 0.882. The number of hydrogen-bond acceptors (Lipinski definition) is 4. The number of aromatic nitrogens is 3. The molecule has 6 nitrogen and oxygen atoms in total. The lowest BCUT2D eigenvalue weighted by Gasteiger charge is -2.37. The number of amides is 1. The first-order chi connectivity index (χ1) is 9.66. The van der Waals surface area contributed by atoms with E-state index in [1.165, 1.54) is 0 Å². The number of anilines is 1. The van der Waals surface area contributed by atoms with Crippen LogP contribution in [-0.2, 0) is 4.79 Å². The van der Waals surface area contributed by atoms with Crippen molar-refractivity contribution in [3.8, 4) is 5.69 Å². The van der Waals surface area contributed by atoms with Gasteiger partial charge in [0.25, 0.3) is 0 Å².